The Kier molecular flexibility index (Phi) is 3.57. The van der Waals surface area contributed by atoms with E-state index in [0.29, 0.717) is 5.75 Å². The maximum atomic E-state index is 9.88. The Hall–Kier alpha value is -1.10. The minimum atomic E-state index is -2.55. The summed E-state index contributed by atoms with van der Waals surface area (Å²) in [7, 11) is 1.08. The van der Waals surface area contributed by atoms with Crippen molar-refractivity contribution >= 4 is 0 Å². The molecule has 19 heavy (non-hydrogen) atoms. The Morgan fingerprint density at radius 2 is 2.21 bits per heavy atom. The van der Waals surface area contributed by atoms with E-state index in [-0.39, 0.29) is 18.7 Å². The van der Waals surface area contributed by atoms with Crippen molar-refractivity contribution in [2.75, 3.05) is 26.8 Å². The minimum absolute atomic E-state index is 0.0616. The van der Waals surface area contributed by atoms with Crippen LogP contribution in [0.1, 0.15) is 30.3 Å². The summed E-state index contributed by atoms with van der Waals surface area (Å²) in [6.07, 6.45) is -3.44. The predicted molar refractivity (Wildman–Crippen MR) is 76.7 cm³/mol. The molecule has 4 heteroatoms. The normalized spacial score (nSPS) is 24.2. The van der Waals surface area contributed by atoms with E-state index in [0.717, 1.165) is 7.11 Å². The summed E-state index contributed by atoms with van der Waals surface area (Å²) in [5.74, 6) is 0.316. The molecule has 0 heterocycles. The molecule has 1 aromatic rings. The van der Waals surface area contributed by atoms with Gasteiger partial charge >= 0.3 is 0 Å². The number of hydrogen-bond donors (Lipinski definition) is 2. The molecule has 2 N–H and O–H groups in total. The first-order valence-electron chi connectivity index (χ1n) is 9.85. The van der Waals surface area contributed by atoms with Crippen LogP contribution in [-0.2, 0) is 11.1 Å². The highest BCUT2D eigenvalue weighted by atomic mass is 16.5. The van der Waals surface area contributed by atoms with Gasteiger partial charge in [0.05, 0.1) is 9.30 Å². The van der Waals surface area contributed by atoms with Crippen LogP contribution in [-0.4, -0.2) is 44.0 Å². The van der Waals surface area contributed by atoms with Crippen molar-refractivity contribution in [2.45, 2.75) is 32.3 Å². The van der Waals surface area contributed by atoms with E-state index in [9.17, 15) is 5.11 Å². The Balaban J connectivity index is 2.62. The summed E-state index contributed by atoms with van der Waals surface area (Å²) in [5, 5.41) is 12.3. The molecule has 0 saturated heterocycles. The van der Waals surface area contributed by atoms with Crippen LogP contribution >= 0.6 is 0 Å². The van der Waals surface area contributed by atoms with Crippen molar-refractivity contribution in [3.63, 3.8) is 0 Å². The van der Waals surface area contributed by atoms with Gasteiger partial charge in [0.1, 0.15) is 18.5 Å². The maximum absolute atomic E-state index is 9.88. The number of rotatable bonds is 9. The molecule has 2 atom stereocenters. The first-order valence-corrected chi connectivity index (χ1v) is 5.85. The second kappa shape index (κ2) is 8.91. The third-order valence-corrected chi connectivity index (χ3v) is 2.20. The van der Waals surface area contributed by atoms with E-state index in [2.05, 4.69) is 10.1 Å². The van der Waals surface area contributed by atoms with Crippen molar-refractivity contribution in [3.8, 4) is 5.75 Å². The molecule has 1 rings (SSSR count). The predicted octanol–water partition coefficient (Wildman–Crippen LogP) is 1.61. The van der Waals surface area contributed by atoms with E-state index >= 15 is 0 Å². The summed E-state index contributed by atoms with van der Waals surface area (Å²) in [4.78, 5) is 0. The first kappa shape index (κ1) is 7.62. The SMILES string of the molecule is [2H]C([2H])([2H])C([2H])(C)NCC(O)COc1ccc(C([2H])([2H])C([2H])([2H])OC)cc1. The highest BCUT2D eigenvalue weighted by Crippen LogP contribution is 2.12. The van der Waals surface area contributed by atoms with Gasteiger partial charge in [0.15, 0.2) is 0 Å². The lowest BCUT2D eigenvalue weighted by Crippen LogP contribution is -2.35. The van der Waals surface area contributed by atoms with Crippen molar-refractivity contribution in [1.29, 1.82) is 0 Å². The van der Waals surface area contributed by atoms with E-state index in [1.54, 1.807) is 0 Å². The maximum Gasteiger partial charge on any atom is 0.119 e. The van der Waals surface area contributed by atoms with E-state index < -0.39 is 31.9 Å². The zero-order chi connectivity index (χ0) is 21.1. The number of aryl methyl sites for hydroxylation is 1. The van der Waals surface area contributed by atoms with Crippen LogP contribution in [0.5, 0.6) is 5.75 Å². The Morgan fingerprint density at radius 1 is 1.47 bits per heavy atom. The fraction of sp³-hybridized carbons (Fsp3) is 0.600. The molecule has 0 aliphatic heterocycles. The van der Waals surface area contributed by atoms with Gasteiger partial charge in [0.2, 0.25) is 0 Å². The molecular weight excluding hydrogens is 242 g/mol. The Bertz CT molecular complexity index is 604. The van der Waals surface area contributed by atoms with E-state index in [1.165, 1.54) is 31.2 Å². The van der Waals surface area contributed by atoms with Gasteiger partial charge in [-0.1, -0.05) is 25.9 Å². The molecule has 0 radical (unpaired) electrons. The fourth-order valence-electron chi connectivity index (χ4n) is 1.27. The lowest BCUT2D eigenvalue weighted by Gasteiger charge is -2.15. The lowest BCUT2D eigenvalue weighted by atomic mass is 10.1. The molecule has 1 aromatic carbocycles. The molecule has 0 fully saturated rings. The molecule has 108 valence electrons. The van der Waals surface area contributed by atoms with Crippen molar-refractivity contribution in [2.24, 2.45) is 0 Å². The largest absolute Gasteiger partial charge is 0.491 e. The standard InChI is InChI=1S/C15H25NO3/c1-12(2)16-10-14(17)11-19-15-6-4-13(5-7-15)8-9-18-3/h4-7,12,14,16-17H,8-11H2,1-3H3/i1D3,8D2,9D2,12D. The summed E-state index contributed by atoms with van der Waals surface area (Å²) >= 11 is 0. The van der Waals surface area contributed by atoms with Gasteiger partial charge in [-0.3, -0.25) is 0 Å². The topological polar surface area (TPSA) is 50.7 Å². The molecule has 0 aliphatic rings. The van der Waals surface area contributed by atoms with Gasteiger partial charge in [-0.15, -0.1) is 0 Å². The van der Waals surface area contributed by atoms with Crippen LogP contribution in [0.25, 0.3) is 0 Å². The summed E-state index contributed by atoms with van der Waals surface area (Å²) < 4.78 is 70.3. The average Bonchev–Trinajstić information content (AvgIpc) is 2.57. The number of aliphatic hydroxyl groups is 1. The number of ether oxygens (including phenoxy) is 2. The number of benzene rings is 1. The molecule has 0 amide bonds. The monoisotopic (exact) mass is 275 g/mol. The zero-order valence-corrected chi connectivity index (χ0v) is 11.1. The van der Waals surface area contributed by atoms with Gasteiger partial charge in [-0.2, -0.15) is 0 Å². The van der Waals surface area contributed by atoms with E-state index in [4.69, 9.17) is 15.7 Å². The molecule has 0 aliphatic carbocycles. The zero-order valence-electron chi connectivity index (χ0n) is 19.1. The van der Waals surface area contributed by atoms with Gasteiger partial charge in [-0.25, -0.2) is 0 Å². The molecule has 0 saturated carbocycles. The molecule has 0 aromatic heterocycles. The molecule has 4 nitrogen and oxygen atoms in total. The van der Waals surface area contributed by atoms with Crippen LogP contribution in [0.15, 0.2) is 24.3 Å². The Labute approximate surface area is 127 Å². The van der Waals surface area contributed by atoms with E-state index in [1.807, 2.05) is 0 Å². The summed E-state index contributed by atoms with van der Waals surface area (Å²) in [6, 6.07) is 3.66. The molecular formula is C15H25NO3. The highest BCUT2D eigenvalue weighted by Gasteiger charge is 2.05. The van der Waals surface area contributed by atoms with Gasteiger partial charge < -0.3 is 19.9 Å². The molecule has 0 spiro atoms. The second-order valence-corrected chi connectivity index (χ2v) is 3.93. The van der Waals surface area contributed by atoms with Crippen LogP contribution in [0.2, 0.25) is 0 Å². The number of nitrogens with one attached hydrogen (secondary N) is 1. The number of hydrogen-bond acceptors (Lipinski definition) is 4. The minimum Gasteiger partial charge on any atom is -0.491 e. The highest BCUT2D eigenvalue weighted by molar-refractivity contribution is 5.27. The third-order valence-electron chi connectivity index (χ3n) is 2.20. The quantitative estimate of drug-likeness (QED) is 0.719. The molecule has 2 unspecified atom stereocenters. The van der Waals surface area contributed by atoms with Gasteiger partial charge in [0, 0.05) is 27.9 Å². The smallest absolute Gasteiger partial charge is 0.119 e. The summed E-state index contributed by atoms with van der Waals surface area (Å²) in [6.45, 7) is -4.19. The van der Waals surface area contributed by atoms with Crippen LogP contribution in [0, 0.1) is 0 Å². The average molecular weight is 275 g/mol. The van der Waals surface area contributed by atoms with Crippen molar-refractivity contribution in [3.05, 3.63) is 29.8 Å². The third kappa shape index (κ3) is 7.15. The van der Waals surface area contributed by atoms with Gasteiger partial charge in [-0.05, 0) is 24.1 Å². The number of methoxy groups -OCH3 is 1. The first-order chi connectivity index (χ1) is 12.1. The summed E-state index contributed by atoms with van der Waals surface area (Å²) in [5.41, 5.74) is 0.0616. The Morgan fingerprint density at radius 3 is 2.84 bits per heavy atom. The van der Waals surface area contributed by atoms with Crippen LogP contribution in [0.4, 0.5) is 0 Å². The fourth-order valence-corrected chi connectivity index (χ4v) is 1.27. The molecule has 0 bridgehead atoms. The number of aliphatic hydroxyl groups excluding tert-OH is 1. The van der Waals surface area contributed by atoms with Crippen LogP contribution in [0.3, 0.4) is 0 Å². The second-order valence-electron chi connectivity index (χ2n) is 3.93. The van der Waals surface area contributed by atoms with Crippen molar-refractivity contribution < 1.29 is 25.5 Å². The van der Waals surface area contributed by atoms with Crippen molar-refractivity contribution in [1.82, 2.24) is 5.32 Å². The van der Waals surface area contributed by atoms with Crippen LogP contribution < -0.4 is 10.1 Å². The van der Waals surface area contributed by atoms with Gasteiger partial charge in [0.25, 0.3) is 0 Å². The lowest BCUT2D eigenvalue weighted by molar-refractivity contribution is 0.104.